The Morgan fingerprint density at radius 3 is 2.12 bits per heavy atom. The molecule has 28 heteroatoms. The van der Waals surface area contributed by atoms with Crippen LogP contribution in [0.3, 0.4) is 0 Å². The van der Waals surface area contributed by atoms with E-state index in [1.165, 1.54) is 42.6 Å². The summed E-state index contributed by atoms with van der Waals surface area (Å²) in [6.07, 6.45) is 3.06. The van der Waals surface area contributed by atoms with E-state index in [9.17, 15) is 47.6 Å². The zero-order valence-electron chi connectivity index (χ0n) is 30.0. The summed E-state index contributed by atoms with van der Waals surface area (Å²) in [5.41, 5.74) is 9.58. The minimum atomic E-state index is -5.08. The first-order valence-electron chi connectivity index (χ1n) is 16.2. The number of rotatable bonds is 18. The number of pyridine rings is 1. The number of nitrogen functional groups attached to an aromatic ring is 2. The molecule has 5 rings (SSSR count). The fraction of sp³-hybridized carbons (Fsp3) is 0.125. The Bertz CT molecular complexity index is 2990. The van der Waals surface area contributed by atoms with E-state index < -0.39 is 97.0 Å². The van der Waals surface area contributed by atoms with E-state index in [0.717, 1.165) is 42.4 Å². The summed E-state index contributed by atoms with van der Waals surface area (Å²) in [6.45, 7) is -0.570. The number of aromatic nitrogens is 1. The Kier molecular flexibility index (Phi) is 14.0. The minimum Gasteiger partial charge on any atom is -0.477 e. The van der Waals surface area contributed by atoms with Crippen molar-refractivity contribution >= 4 is 103 Å². The minimum absolute atomic E-state index is 0.0161. The van der Waals surface area contributed by atoms with Gasteiger partial charge in [-0.25, -0.2) is 26.9 Å². The number of nitrogens with two attached hydrogens (primary N) is 2. The lowest BCUT2D eigenvalue weighted by molar-refractivity contribution is -0.700. The van der Waals surface area contributed by atoms with Crippen molar-refractivity contribution in [2.75, 3.05) is 30.4 Å². The quantitative estimate of drug-likeness (QED) is 0.0102. The van der Waals surface area contributed by atoms with Crippen LogP contribution in [0.1, 0.15) is 10.4 Å². The second kappa shape index (κ2) is 18.4. The molecule has 0 saturated heterocycles. The molecule has 318 valence electrons. The Hall–Kier alpha value is -5.53. The number of hydrogen-bond acceptors (Lipinski definition) is 19. The van der Waals surface area contributed by atoms with Crippen LogP contribution in [0.2, 0.25) is 0 Å². The average molecular weight is 929 g/mol. The largest absolute Gasteiger partial charge is 0.477 e. The molecule has 0 spiro atoms. The van der Waals surface area contributed by atoms with Crippen LogP contribution in [0.25, 0.3) is 10.8 Å². The number of aromatic carboxylic acids is 1. The molecule has 0 atom stereocenters. The molecule has 8 N–H and O–H groups in total. The van der Waals surface area contributed by atoms with Gasteiger partial charge in [0.15, 0.2) is 28.8 Å². The van der Waals surface area contributed by atoms with Crippen molar-refractivity contribution in [3.05, 3.63) is 90.8 Å². The number of carboxylic acids is 1. The molecule has 0 radical (unpaired) electrons. The van der Waals surface area contributed by atoms with Gasteiger partial charge in [-0.2, -0.15) is 34.7 Å². The van der Waals surface area contributed by atoms with Gasteiger partial charge in [-0.15, -0.1) is 15.3 Å². The number of carbonyl (C=O) groups is 1. The van der Waals surface area contributed by atoms with E-state index in [0.29, 0.717) is 4.90 Å². The van der Waals surface area contributed by atoms with Gasteiger partial charge in [-0.3, -0.25) is 13.7 Å². The van der Waals surface area contributed by atoms with Gasteiger partial charge in [-0.1, -0.05) is 12.1 Å². The normalized spacial score (nSPS) is 12.8. The summed E-state index contributed by atoms with van der Waals surface area (Å²) in [5, 5.41) is 24.9. The molecule has 1 heterocycles. The number of benzene rings is 4. The van der Waals surface area contributed by atoms with Gasteiger partial charge in [0.25, 0.3) is 20.2 Å². The second-order valence-corrected chi connectivity index (χ2v) is 18.6. The highest BCUT2D eigenvalue weighted by Crippen LogP contribution is 2.44. The SMILES string of the molecule is Nc1c(N=Nc2ccc3cc(SOOCC[n+]4cccc(C(=O)O)c4)ccc3c2S(=O)(=O)O)cc(S(=O)(=O)O)c(N)c1N=Nc1ccc(S(=O)(=O)CCOS(=O)(=O)O)cc1. The molecule has 0 saturated carbocycles. The smallest absolute Gasteiger partial charge is 0.397 e. The number of hydrogen-bond donors (Lipinski definition) is 6. The van der Waals surface area contributed by atoms with Gasteiger partial charge in [0.1, 0.15) is 39.0 Å². The predicted octanol–water partition coefficient (Wildman–Crippen LogP) is 4.56. The van der Waals surface area contributed by atoms with Crippen molar-refractivity contribution in [1.82, 2.24) is 0 Å². The van der Waals surface area contributed by atoms with Gasteiger partial charge in [0, 0.05) is 16.3 Å². The lowest BCUT2D eigenvalue weighted by atomic mass is 10.1. The van der Waals surface area contributed by atoms with Crippen molar-refractivity contribution in [2.24, 2.45) is 20.5 Å². The summed E-state index contributed by atoms with van der Waals surface area (Å²) < 4.78 is 136. The summed E-state index contributed by atoms with van der Waals surface area (Å²) in [7, 11) is -19.0. The van der Waals surface area contributed by atoms with Gasteiger partial charge < -0.3 is 16.6 Å². The van der Waals surface area contributed by atoms with Crippen LogP contribution in [0.5, 0.6) is 0 Å². The zero-order chi connectivity index (χ0) is 44.0. The lowest BCUT2D eigenvalue weighted by Crippen LogP contribution is -2.36. The van der Waals surface area contributed by atoms with Crippen molar-refractivity contribution in [3.8, 4) is 0 Å². The van der Waals surface area contributed by atoms with E-state index in [1.807, 2.05) is 0 Å². The molecule has 0 aliphatic heterocycles. The topological polar surface area (TPSA) is 368 Å². The summed E-state index contributed by atoms with van der Waals surface area (Å²) in [6, 6.07) is 15.1. The predicted molar refractivity (Wildman–Crippen MR) is 210 cm³/mol. The van der Waals surface area contributed by atoms with Crippen molar-refractivity contribution in [2.45, 2.75) is 26.1 Å². The van der Waals surface area contributed by atoms with E-state index in [2.05, 4.69) is 24.6 Å². The standard InChI is InChI=1S/C32H29N7O16S5/c33-28-26(17-27(58(44,45)46)29(34)30(28)38-35-21-4-7-23(8-5-21)57(42,43)15-14-54-60(50,51)52)37-36-25-10-3-19-16-22(6-9-24(19)31(25)59(47,48)49)56-55-53-13-12-39-11-1-2-20(18-39)32(40)41/h1-11,16-18H,12-15H2,(H7-,33,34,35,36,40,41,44,45,46,47,48,49,50,51,52)/p+1. The first-order valence-corrected chi connectivity index (χ1v) is 22.9. The van der Waals surface area contributed by atoms with Crippen LogP contribution < -0.4 is 16.0 Å². The first kappa shape index (κ1) is 45.6. The number of sulfone groups is 1. The molecule has 1 aromatic heterocycles. The highest BCUT2D eigenvalue weighted by molar-refractivity contribution is 7.94. The van der Waals surface area contributed by atoms with Gasteiger partial charge >= 0.3 is 16.4 Å². The van der Waals surface area contributed by atoms with Crippen molar-refractivity contribution in [3.63, 3.8) is 0 Å². The molecule has 0 amide bonds. The highest BCUT2D eigenvalue weighted by atomic mass is 32.3. The summed E-state index contributed by atoms with van der Waals surface area (Å²) in [4.78, 5) is 14.8. The molecule has 60 heavy (non-hydrogen) atoms. The number of carboxylic acid groups (broad SMARTS) is 1. The van der Waals surface area contributed by atoms with Crippen molar-refractivity contribution in [1.29, 1.82) is 0 Å². The molecule has 0 aliphatic rings. The van der Waals surface area contributed by atoms with E-state index in [-0.39, 0.29) is 40.1 Å². The van der Waals surface area contributed by atoms with Gasteiger partial charge in [0.05, 0.1) is 46.4 Å². The van der Waals surface area contributed by atoms with Crippen LogP contribution in [0, 0.1) is 0 Å². The lowest BCUT2D eigenvalue weighted by Gasteiger charge is -2.11. The van der Waals surface area contributed by atoms with Gasteiger partial charge in [0.2, 0.25) is 0 Å². The van der Waals surface area contributed by atoms with Crippen LogP contribution in [0.4, 0.5) is 34.1 Å². The van der Waals surface area contributed by atoms with Crippen molar-refractivity contribution < 1.29 is 75.2 Å². The molecular formula is C32H30N7O16S5+. The maximum absolute atomic E-state index is 12.6. The average Bonchev–Trinajstić information content (AvgIpc) is 3.16. The van der Waals surface area contributed by atoms with Crippen LogP contribution in [-0.2, 0) is 60.4 Å². The molecule has 4 aromatic carbocycles. The summed E-state index contributed by atoms with van der Waals surface area (Å²) in [5.74, 6) is -1.90. The first-order chi connectivity index (χ1) is 28.0. The van der Waals surface area contributed by atoms with Gasteiger partial charge in [-0.05, 0) is 60.0 Å². The van der Waals surface area contributed by atoms with E-state index in [1.54, 1.807) is 16.8 Å². The molecule has 0 aliphatic carbocycles. The number of nitrogens with zero attached hydrogens (tertiary/aromatic N) is 5. The van der Waals surface area contributed by atoms with E-state index in [4.69, 9.17) is 30.3 Å². The highest BCUT2D eigenvalue weighted by Gasteiger charge is 2.24. The molecule has 0 fully saturated rings. The Morgan fingerprint density at radius 1 is 0.767 bits per heavy atom. The Morgan fingerprint density at radius 2 is 1.47 bits per heavy atom. The monoisotopic (exact) mass is 928 g/mol. The van der Waals surface area contributed by atoms with Crippen LogP contribution in [-0.4, -0.2) is 77.4 Å². The second-order valence-electron chi connectivity index (χ2n) is 11.9. The molecule has 0 bridgehead atoms. The number of azo groups is 2. The maximum atomic E-state index is 12.6. The molecular weight excluding hydrogens is 899 g/mol. The fourth-order valence-corrected chi connectivity index (χ4v) is 8.52. The molecule has 0 unspecified atom stereocenters. The maximum Gasteiger partial charge on any atom is 0.397 e. The number of anilines is 2. The molecule has 5 aromatic rings. The third-order valence-corrected chi connectivity index (χ3v) is 12.4. The van der Waals surface area contributed by atoms with Crippen LogP contribution >= 0.6 is 12.0 Å². The fourth-order valence-electron chi connectivity index (χ4n) is 5.07. The molecule has 23 nitrogen and oxygen atoms in total. The van der Waals surface area contributed by atoms with E-state index >= 15 is 0 Å². The number of fused-ring (bicyclic) bond motifs is 1. The Labute approximate surface area is 344 Å². The Balaban J connectivity index is 1.38. The summed E-state index contributed by atoms with van der Waals surface area (Å²) >= 11 is 0.776. The zero-order valence-corrected chi connectivity index (χ0v) is 34.1. The third kappa shape index (κ3) is 11.8. The van der Waals surface area contributed by atoms with Crippen LogP contribution in [0.15, 0.2) is 125 Å². The third-order valence-electron chi connectivity index (χ3n) is 7.80.